The van der Waals surface area contributed by atoms with Crippen molar-refractivity contribution < 1.29 is 9.32 Å². The third kappa shape index (κ3) is 1.54. The molecule has 0 aliphatic heterocycles. The van der Waals surface area contributed by atoms with Crippen LogP contribution in [0.1, 0.15) is 22.1 Å². The number of carbonyl (C=O) groups excluding carboxylic acids is 1. The van der Waals surface area contributed by atoms with Gasteiger partial charge in [-0.25, -0.2) is 0 Å². The maximum Gasteiger partial charge on any atom is 0.243 e. The lowest BCUT2D eigenvalue weighted by Crippen LogP contribution is -2.03. The quantitative estimate of drug-likeness (QED) is 0.672. The second-order valence-corrected chi connectivity index (χ2v) is 2.83. The number of hydrogen-bond donors (Lipinski definition) is 0. The first-order valence-electron chi connectivity index (χ1n) is 4.17. The Morgan fingerprint density at radius 1 is 1.29 bits per heavy atom. The fourth-order valence-corrected chi connectivity index (χ4v) is 1.11. The molecule has 4 nitrogen and oxygen atoms in total. The number of carbonyl (C=O) groups is 1. The van der Waals surface area contributed by atoms with E-state index in [1.807, 2.05) is 6.07 Å². The molecule has 1 aromatic carbocycles. The highest BCUT2D eigenvalue weighted by molar-refractivity contribution is 6.06. The third-order valence-corrected chi connectivity index (χ3v) is 1.77. The monoisotopic (exact) mass is 188 g/mol. The number of rotatable bonds is 2. The summed E-state index contributed by atoms with van der Waals surface area (Å²) in [4.78, 5) is 15.5. The summed E-state index contributed by atoms with van der Waals surface area (Å²) in [6.45, 7) is 1.65. The minimum absolute atomic E-state index is 0.105. The Bertz CT molecular complexity index is 448. The highest BCUT2D eigenvalue weighted by Crippen LogP contribution is 2.05. The molecule has 0 radical (unpaired) electrons. The molecule has 1 heterocycles. The SMILES string of the molecule is Cc1nc(C(=O)c2ccccc2)no1. The first-order chi connectivity index (χ1) is 6.77. The lowest BCUT2D eigenvalue weighted by atomic mass is 10.1. The zero-order valence-corrected chi connectivity index (χ0v) is 7.60. The van der Waals surface area contributed by atoms with Gasteiger partial charge in [0.15, 0.2) is 0 Å². The lowest BCUT2D eigenvalue weighted by Gasteiger charge is -1.93. The standard InChI is InChI=1S/C10H8N2O2/c1-7-11-10(12-14-7)9(13)8-5-3-2-4-6-8/h2-6H,1H3. The summed E-state index contributed by atoms with van der Waals surface area (Å²) in [5, 5.41) is 3.56. The molecular weight excluding hydrogens is 180 g/mol. The van der Waals surface area contributed by atoms with Gasteiger partial charge in [0.2, 0.25) is 17.5 Å². The van der Waals surface area contributed by atoms with E-state index in [0.29, 0.717) is 11.5 Å². The molecule has 0 bridgehead atoms. The summed E-state index contributed by atoms with van der Waals surface area (Å²) in [6, 6.07) is 8.86. The van der Waals surface area contributed by atoms with E-state index in [2.05, 4.69) is 10.1 Å². The van der Waals surface area contributed by atoms with Crippen LogP contribution in [0.3, 0.4) is 0 Å². The van der Waals surface area contributed by atoms with Crippen LogP contribution in [0.2, 0.25) is 0 Å². The van der Waals surface area contributed by atoms with Crippen molar-refractivity contribution in [3.63, 3.8) is 0 Å². The van der Waals surface area contributed by atoms with Crippen molar-refractivity contribution in [2.45, 2.75) is 6.92 Å². The average molecular weight is 188 g/mol. The van der Waals surface area contributed by atoms with E-state index in [9.17, 15) is 4.79 Å². The molecule has 14 heavy (non-hydrogen) atoms. The number of aryl methyl sites for hydroxylation is 1. The molecule has 0 saturated heterocycles. The highest BCUT2D eigenvalue weighted by atomic mass is 16.5. The van der Waals surface area contributed by atoms with Crippen LogP contribution in [-0.4, -0.2) is 15.9 Å². The number of aromatic nitrogens is 2. The molecule has 2 rings (SSSR count). The van der Waals surface area contributed by atoms with Crippen molar-refractivity contribution in [2.75, 3.05) is 0 Å². The van der Waals surface area contributed by atoms with Crippen LogP contribution in [0, 0.1) is 6.92 Å². The van der Waals surface area contributed by atoms with E-state index in [4.69, 9.17) is 4.52 Å². The summed E-state index contributed by atoms with van der Waals surface area (Å²) in [7, 11) is 0. The molecule has 0 atom stereocenters. The van der Waals surface area contributed by atoms with Gasteiger partial charge in [-0.2, -0.15) is 4.98 Å². The Labute approximate surface area is 80.6 Å². The molecule has 0 aliphatic rings. The number of nitrogens with zero attached hydrogens (tertiary/aromatic N) is 2. The van der Waals surface area contributed by atoms with Crippen LogP contribution in [0.5, 0.6) is 0 Å². The fourth-order valence-electron chi connectivity index (χ4n) is 1.11. The van der Waals surface area contributed by atoms with Crippen LogP contribution < -0.4 is 0 Å². The van der Waals surface area contributed by atoms with Crippen molar-refractivity contribution in [3.8, 4) is 0 Å². The summed E-state index contributed by atoms with van der Waals surface area (Å²) in [5.74, 6) is 0.278. The molecule has 70 valence electrons. The maximum atomic E-state index is 11.7. The summed E-state index contributed by atoms with van der Waals surface area (Å²) in [5.41, 5.74) is 0.563. The molecule has 1 aromatic heterocycles. The van der Waals surface area contributed by atoms with E-state index in [1.165, 1.54) is 0 Å². The van der Waals surface area contributed by atoms with Gasteiger partial charge in [-0.1, -0.05) is 35.5 Å². The summed E-state index contributed by atoms with van der Waals surface area (Å²) in [6.07, 6.45) is 0. The van der Waals surface area contributed by atoms with Crippen LogP contribution >= 0.6 is 0 Å². The van der Waals surface area contributed by atoms with Crippen LogP contribution in [0.15, 0.2) is 34.9 Å². The highest BCUT2D eigenvalue weighted by Gasteiger charge is 2.14. The number of benzene rings is 1. The van der Waals surface area contributed by atoms with E-state index < -0.39 is 0 Å². The Morgan fingerprint density at radius 3 is 2.57 bits per heavy atom. The minimum Gasteiger partial charge on any atom is -0.339 e. The van der Waals surface area contributed by atoms with Gasteiger partial charge in [-0.3, -0.25) is 4.79 Å². The van der Waals surface area contributed by atoms with E-state index in [1.54, 1.807) is 31.2 Å². The second-order valence-electron chi connectivity index (χ2n) is 2.83. The molecule has 0 saturated carbocycles. The second kappa shape index (κ2) is 3.41. The summed E-state index contributed by atoms with van der Waals surface area (Å²) < 4.78 is 4.73. The molecule has 0 N–H and O–H groups in total. The number of ketones is 1. The van der Waals surface area contributed by atoms with Gasteiger partial charge in [0.1, 0.15) is 0 Å². The van der Waals surface area contributed by atoms with E-state index >= 15 is 0 Å². The van der Waals surface area contributed by atoms with Gasteiger partial charge in [-0.05, 0) is 0 Å². The van der Waals surface area contributed by atoms with Crippen LogP contribution in [-0.2, 0) is 0 Å². The first kappa shape index (κ1) is 8.62. The fraction of sp³-hybridized carbons (Fsp3) is 0.100. The Hall–Kier alpha value is -1.97. The van der Waals surface area contributed by atoms with Gasteiger partial charge >= 0.3 is 0 Å². The normalized spacial score (nSPS) is 10.1. The first-order valence-corrected chi connectivity index (χ1v) is 4.17. The minimum atomic E-state index is -0.220. The Balaban J connectivity index is 2.34. The van der Waals surface area contributed by atoms with Gasteiger partial charge in [0.05, 0.1) is 0 Å². The van der Waals surface area contributed by atoms with Crippen molar-refractivity contribution in [2.24, 2.45) is 0 Å². The molecular formula is C10H8N2O2. The third-order valence-electron chi connectivity index (χ3n) is 1.77. The van der Waals surface area contributed by atoms with Gasteiger partial charge in [-0.15, -0.1) is 0 Å². The Morgan fingerprint density at radius 2 is 2.00 bits per heavy atom. The largest absolute Gasteiger partial charge is 0.339 e. The predicted molar refractivity (Wildman–Crippen MR) is 48.9 cm³/mol. The molecule has 2 aromatic rings. The Kier molecular flexibility index (Phi) is 2.10. The zero-order chi connectivity index (χ0) is 9.97. The smallest absolute Gasteiger partial charge is 0.243 e. The average Bonchev–Trinajstić information content (AvgIpc) is 2.65. The van der Waals surface area contributed by atoms with Crippen LogP contribution in [0.25, 0.3) is 0 Å². The van der Waals surface area contributed by atoms with E-state index in [-0.39, 0.29) is 11.6 Å². The van der Waals surface area contributed by atoms with E-state index in [0.717, 1.165) is 0 Å². The van der Waals surface area contributed by atoms with Gasteiger partial charge in [0.25, 0.3) is 0 Å². The molecule has 0 amide bonds. The van der Waals surface area contributed by atoms with Crippen molar-refractivity contribution >= 4 is 5.78 Å². The molecule has 0 aliphatic carbocycles. The van der Waals surface area contributed by atoms with Gasteiger partial charge < -0.3 is 4.52 Å². The summed E-state index contributed by atoms with van der Waals surface area (Å²) >= 11 is 0. The van der Waals surface area contributed by atoms with Crippen LogP contribution in [0.4, 0.5) is 0 Å². The molecule has 0 spiro atoms. The van der Waals surface area contributed by atoms with Crippen molar-refractivity contribution in [1.29, 1.82) is 0 Å². The van der Waals surface area contributed by atoms with Crippen molar-refractivity contribution in [3.05, 3.63) is 47.6 Å². The van der Waals surface area contributed by atoms with Crippen molar-refractivity contribution in [1.82, 2.24) is 10.1 Å². The zero-order valence-electron chi connectivity index (χ0n) is 7.60. The van der Waals surface area contributed by atoms with Gasteiger partial charge in [0, 0.05) is 12.5 Å². The molecule has 0 unspecified atom stereocenters. The lowest BCUT2D eigenvalue weighted by molar-refractivity contribution is 0.102. The molecule has 0 fully saturated rings. The maximum absolute atomic E-state index is 11.7. The number of hydrogen-bond acceptors (Lipinski definition) is 4. The topological polar surface area (TPSA) is 56.0 Å². The molecule has 4 heteroatoms. The predicted octanol–water partition coefficient (Wildman–Crippen LogP) is 1.61.